The second-order valence-corrected chi connectivity index (χ2v) is 11.3. The van der Waals surface area contributed by atoms with Gasteiger partial charge in [0.2, 0.25) is 5.71 Å². The molecule has 0 bridgehead atoms. The molecular weight excluding hydrogens is 557 g/mol. The zero-order valence-corrected chi connectivity index (χ0v) is 24.2. The maximum absolute atomic E-state index is 13.3. The van der Waals surface area contributed by atoms with Crippen molar-refractivity contribution in [2.75, 3.05) is 7.05 Å². The van der Waals surface area contributed by atoms with Gasteiger partial charge in [-0.3, -0.25) is 9.59 Å². The first-order chi connectivity index (χ1) is 20.3. The van der Waals surface area contributed by atoms with Gasteiger partial charge in [-0.25, -0.2) is 4.98 Å². The van der Waals surface area contributed by atoms with Crippen molar-refractivity contribution in [1.82, 2.24) is 20.2 Å². The summed E-state index contributed by atoms with van der Waals surface area (Å²) in [5, 5.41) is 5.88. The molecule has 0 spiro atoms. The minimum Gasteiger partial charge on any atom is -0.437 e. The molecule has 222 valence electrons. The first-order valence-corrected chi connectivity index (χ1v) is 13.7. The van der Waals surface area contributed by atoms with Gasteiger partial charge < -0.3 is 19.6 Å². The molecule has 3 heterocycles. The van der Waals surface area contributed by atoms with Crippen molar-refractivity contribution >= 4 is 22.9 Å². The van der Waals surface area contributed by atoms with Crippen molar-refractivity contribution < 1.29 is 27.2 Å². The van der Waals surface area contributed by atoms with Crippen LogP contribution in [0.4, 0.5) is 13.2 Å². The Bertz CT molecular complexity index is 1780. The van der Waals surface area contributed by atoms with E-state index in [1.165, 1.54) is 7.05 Å². The number of hydrogen-bond donors (Lipinski definition) is 2. The zero-order chi connectivity index (χ0) is 30.9. The number of hydrogen-bond acceptors (Lipinski definition) is 4. The third-order valence-electron chi connectivity index (χ3n) is 6.82. The summed E-state index contributed by atoms with van der Waals surface area (Å²) in [6, 6.07) is 19.4. The van der Waals surface area contributed by atoms with Gasteiger partial charge in [0.1, 0.15) is 5.76 Å². The Morgan fingerprint density at radius 2 is 1.60 bits per heavy atom. The average molecular weight is 589 g/mol. The van der Waals surface area contributed by atoms with Crippen LogP contribution in [0.3, 0.4) is 0 Å². The fourth-order valence-corrected chi connectivity index (χ4v) is 4.85. The number of benzene rings is 2. The molecule has 0 atom stereocenters. The molecule has 0 unspecified atom stereocenters. The minimum atomic E-state index is -4.41. The predicted octanol–water partition coefficient (Wildman–Crippen LogP) is 7.34. The summed E-state index contributed by atoms with van der Waals surface area (Å²) in [4.78, 5) is 30.6. The summed E-state index contributed by atoms with van der Waals surface area (Å²) in [6.45, 7) is 5.56. The Labute approximate surface area is 246 Å². The summed E-state index contributed by atoms with van der Waals surface area (Å²) in [7, 11) is 1.49. The monoisotopic (exact) mass is 588 g/mol. The van der Waals surface area contributed by atoms with Crippen molar-refractivity contribution in [3.8, 4) is 28.1 Å². The molecule has 0 radical (unpaired) electrons. The lowest BCUT2D eigenvalue weighted by molar-refractivity contribution is -0.134. The van der Waals surface area contributed by atoms with Crippen LogP contribution in [0.15, 0.2) is 83.5 Å². The SMILES string of the molecule is CNC(=O)c1c(-c2ccc(-n3cccc3)cc2)oc2nc(CCC(F)(F)F)c(-c3cccc(C(=O)NC(C)(C)C)c3)cc12. The van der Waals surface area contributed by atoms with Crippen molar-refractivity contribution in [1.29, 1.82) is 0 Å². The largest absolute Gasteiger partial charge is 0.437 e. The smallest absolute Gasteiger partial charge is 0.389 e. The van der Waals surface area contributed by atoms with Crippen LogP contribution in [-0.2, 0) is 6.42 Å². The van der Waals surface area contributed by atoms with E-state index in [2.05, 4.69) is 15.6 Å². The standard InChI is InChI=1S/C33H31F3N4O3/c1-32(2,3)39-29(41)22-9-7-8-21(18-22)24-19-25-27(30(42)37-4)28(43-31(25)38-26(24)14-15-33(34,35)36)20-10-12-23(13-11-20)40-16-5-6-17-40/h5-13,16-19H,14-15H2,1-4H3,(H,37,42)(H,39,41). The Morgan fingerprint density at radius 1 is 0.907 bits per heavy atom. The molecule has 0 fully saturated rings. The van der Waals surface area contributed by atoms with Gasteiger partial charge in [0, 0.05) is 53.8 Å². The summed E-state index contributed by atoms with van der Waals surface area (Å²) < 4.78 is 48.0. The lowest BCUT2D eigenvalue weighted by Gasteiger charge is -2.20. The van der Waals surface area contributed by atoms with Gasteiger partial charge >= 0.3 is 6.18 Å². The maximum Gasteiger partial charge on any atom is 0.389 e. The average Bonchev–Trinajstić information content (AvgIpc) is 3.62. The highest BCUT2D eigenvalue weighted by Crippen LogP contribution is 2.38. The maximum atomic E-state index is 13.3. The molecule has 0 aliphatic heterocycles. The first-order valence-electron chi connectivity index (χ1n) is 13.7. The Hall–Kier alpha value is -4.86. The van der Waals surface area contributed by atoms with Crippen molar-refractivity contribution in [2.24, 2.45) is 0 Å². The highest BCUT2D eigenvalue weighted by atomic mass is 19.4. The molecule has 5 rings (SSSR count). The van der Waals surface area contributed by atoms with E-state index in [1.54, 1.807) is 30.3 Å². The van der Waals surface area contributed by atoms with Crippen LogP contribution in [0, 0.1) is 0 Å². The fraction of sp³-hybridized carbons (Fsp3) is 0.242. The predicted molar refractivity (Wildman–Crippen MR) is 159 cm³/mol. The number of furan rings is 1. The van der Waals surface area contributed by atoms with E-state index < -0.39 is 30.5 Å². The Morgan fingerprint density at radius 3 is 2.23 bits per heavy atom. The van der Waals surface area contributed by atoms with Gasteiger partial charge in [0.05, 0.1) is 16.6 Å². The molecule has 0 aliphatic carbocycles. The minimum absolute atomic E-state index is 0.0469. The van der Waals surface area contributed by atoms with Gasteiger partial charge in [-0.2, -0.15) is 13.2 Å². The molecule has 10 heteroatoms. The second-order valence-electron chi connectivity index (χ2n) is 11.3. The quantitative estimate of drug-likeness (QED) is 0.208. The lowest BCUT2D eigenvalue weighted by atomic mass is 9.96. The summed E-state index contributed by atoms with van der Waals surface area (Å²) >= 11 is 0. The summed E-state index contributed by atoms with van der Waals surface area (Å²) in [6.07, 6.45) is -2.11. The van der Waals surface area contributed by atoms with Crippen LogP contribution in [0.1, 0.15) is 53.6 Å². The molecule has 2 amide bonds. The van der Waals surface area contributed by atoms with E-state index in [4.69, 9.17) is 4.42 Å². The molecule has 43 heavy (non-hydrogen) atoms. The Kier molecular flexibility index (Phi) is 7.88. The third kappa shape index (κ3) is 6.63. The number of carbonyl (C=O) groups is 2. The van der Waals surface area contributed by atoms with Crippen LogP contribution in [-0.4, -0.2) is 40.1 Å². The van der Waals surface area contributed by atoms with Crippen molar-refractivity contribution in [3.05, 3.63) is 95.9 Å². The number of aromatic nitrogens is 2. The topological polar surface area (TPSA) is 89.2 Å². The summed E-state index contributed by atoms with van der Waals surface area (Å²) in [5.41, 5.74) is 2.64. The molecule has 0 aliphatic rings. The van der Waals surface area contributed by atoms with Crippen molar-refractivity contribution in [2.45, 2.75) is 45.3 Å². The second kappa shape index (κ2) is 11.4. The number of rotatable bonds is 7. The van der Waals surface area contributed by atoms with Gasteiger partial charge in [-0.1, -0.05) is 12.1 Å². The normalized spacial score (nSPS) is 12.0. The number of aryl methyl sites for hydroxylation is 1. The molecule has 0 saturated carbocycles. The van der Waals surface area contributed by atoms with E-state index in [0.29, 0.717) is 27.6 Å². The Balaban J connectivity index is 1.67. The number of pyridine rings is 1. The van der Waals surface area contributed by atoms with Crippen LogP contribution in [0.5, 0.6) is 0 Å². The molecule has 2 aromatic carbocycles. The van der Waals surface area contributed by atoms with E-state index in [1.807, 2.05) is 74.1 Å². The molecular formula is C33H31F3N4O3. The number of nitrogens with zero attached hydrogens (tertiary/aromatic N) is 2. The van der Waals surface area contributed by atoms with Gasteiger partial charge in [-0.05, 0) is 87.4 Å². The lowest BCUT2D eigenvalue weighted by Crippen LogP contribution is -2.40. The highest BCUT2D eigenvalue weighted by molar-refractivity contribution is 6.11. The third-order valence-corrected chi connectivity index (χ3v) is 6.82. The molecule has 3 aromatic heterocycles. The van der Waals surface area contributed by atoms with Gasteiger partial charge in [0.15, 0.2) is 0 Å². The van der Waals surface area contributed by atoms with Gasteiger partial charge in [0.25, 0.3) is 11.8 Å². The van der Waals surface area contributed by atoms with Crippen LogP contribution in [0.2, 0.25) is 0 Å². The highest BCUT2D eigenvalue weighted by Gasteiger charge is 2.29. The fourth-order valence-electron chi connectivity index (χ4n) is 4.85. The molecule has 5 aromatic rings. The zero-order valence-electron chi connectivity index (χ0n) is 24.2. The summed E-state index contributed by atoms with van der Waals surface area (Å²) in [5.74, 6) is -0.504. The van der Waals surface area contributed by atoms with Crippen LogP contribution < -0.4 is 10.6 Å². The van der Waals surface area contributed by atoms with E-state index >= 15 is 0 Å². The number of amides is 2. The van der Waals surface area contributed by atoms with Crippen LogP contribution in [0.25, 0.3) is 39.2 Å². The van der Waals surface area contributed by atoms with Crippen LogP contribution >= 0.6 is 0 Å². The number of halogens is 3. The van der Waals surface area contributed by atoms with Gasteiger partial charge in [-0.15, -0.1) is 0 Å². The molecule has 0 saturated heterocycles. The first kappa shape index (κ1) is 29.6. The van der Waals surface area contributed by atoms with Crippen molar-refractivity contribution in [3.63, 3.8) is 0 Å². The number of alkyl halides is 3. The molecule has 2 N–H and O–H groups in total. The van der Waals surface area contributed by atoms with E-state index in [0.717, 1.165) is 5.69 Å². The van der Waals surface area contributed by atoms with E-state index in [9.17, 15) is 22.8 Å². The number of fused-ring (bicyclic) bond motifs is 1. The molecule has 7 nitrogen and oxygen atoms in total. The van der Waals surface area contributed by atoms with E-state index in [-0.39, 0.29) is 28.6 Å². The number of nitrogens with one attached hydrogen (secondary N) is 2. The number of carbonyl (C=O) groups excluding carboxylic acids is 2.